The molecule has 1 aliphatic heterocycles. The number of piperidine rings is 1. The summed E-state index contributed by atoms with van der Waals surface area (Å²) in [5.41, 5.74) is 0.388. The van der Waals surface area contributed by atoms with Gasteiger partial charge < -0.3 is 24.4 Å². The van der Waals surface area contributed by atoms with E-state index in [1.807, 2.05) is 49.4 Å². The highest BCUT2D eigenvalue weighted by Crippen LogP contribution is 2.31. The van der Waals surface area contributed by atoms with Crippen LogP contribution in [0.25, 0.3) is 0 Å². The van der Waals surface area contributed by atoms with Crippen LogP contribution in [0.15, 0.2) is 48.5 Å². The summed E-state index contributed by atoms with van der Waals surface area (Å²) >= 11 is 0. The molecule has 0 radical (unpaired) electrons. The number of nitrogens with one attached hydrogen (secondary N) is 1. The highest BCUT2D eigenvalue weighted by Gasteiger charge is 2.37. The summed E-state index contributed by atoms with van der Waals surface area (Å²) in [5, 5.41) is 3.02. The normalized spacial score (nSPS) is 15.1. The fraction of sp³-hybridized carbons (Fsp3) is 0.417. The SMILES string of the molecule is COc1cc(CNC(=O)C2(C)CCN(C(=O)COc3ccccc3)CC2)cc(OC)c1. The topological polar surface area (TPSA) is 77.1 Å². The van der Waals surface area contributed by atoms with Gasteiger partial charge in [-0.3, -0.25) is 9.59 Å². The molecule has 7 nitrogen and oxygen atoms in total. The number of hydrogen-bond acceptors (Lipinski definition) is 5. The predicted octanol–water partition coefficient (Wildman–Crippen LogP) is 3.03. The van der Waals surface area contributed by atoms with Crippen molar-refractivity contribution < 1.29 is 23.8 Å². The van der Waals surface area contributed by atoms with Gasteiger partial charge in [0, 0.05) is 31.1 Å². The second kappa shape index (κ2) is 10.2. The lowest BCUT2D eigenvalue weighted by Crippen LogP contribution is -2.49. The molecule has 1 aliphatic rings. The number of para-hydroxylation sites is 1. The first kappa shape index (κ1) is 22.5. The van der Waals surface area contributed by atoms with Crippen LogP contribution < -0.4 is 19.5 Å². The summed E-state index contributed by atoms with van der Waals surface area (Å²) in [6, 6.07) is 14.8. The molecule has 31 heavy (non-hydrogen) atoms. The van der Waals surface area contributed by atoms with Gasteiger partial charge >= 0.3 is 0 Å². The summed E-state index contributed by atoms with van der Waals surface area (Å²) in [4.78, 5) is 27.1. The van der Waals surface area contributed by atoms with Crippen LogP contribution in [0.1, 0.15) is 25.3 Å². The molecular weight excluding hydrogens is 396 g/mol. The smallest absolute Gasteiger partial charge is 0.260 e. The van der Waals surface area contributed by atoms with Gasteiger partial charge in [-0.05, 0) is 42.7 Å². The molecule has 0 saturated carbocycles. The number of carbonyl (C=O) groups excluding carboxylic acids is 2. The van der Waals surface area contributed by atoms with E-state index in [1.165, 1.54) is 0 Å². The van der Waals surface area contributed by atoms with Crippen LogP contribution in [0.5, 0.6) is 17.2 Å². The number of methoxy groups -OCH3 is 2. The van der Waals surface area contributed by atoms with Gasteiger partial charge in [-0.2, -0.15) is 0 Å². The number of carbonyl (C=O) groups is 2. The van der Waals surface area contributed by atoms with E-state index in [4.69, 9.17) is 14.2 Å². The Morgan fingerprint density at radius 2 is 1.58 bits per heavy atom. The molecule has 3 rings (SSSR count). The average molecular weight is 427 g/mol. The van der Waals surface area contributed by atoms with E-state index in [1.54, 1.807) is 25.2 Å². The van der Waals surface area contributed by atoms with Crippen LogP contribution in [0, 0.1) is 5.41 Å². The zero-order valence-corrected chi connectivity index (χ0v) is 18.3. The Hall–Kier alpha value is -3.22. The molecule has 1 N–H and O–H groups in total. The molecule has 2 amide bonds. The first-order valence-corrected chi connectivity index (χ1v) is 10.4. The van der Waals surface area contributed by atoms with Crippen molar-refractivity contribution in [3.8, 4) is 17.2 Å². The highest BCUT2D eigenvalue weighted by atomic mass is 16.5. The maximum absolute atomic E-state index is 12.9. The van der Waals surface area contributed by atoms with Gasteiger partial charge in [0.2, 0.25) is 5.91 Å². The third kappa shape index (κ3) is 5.90. The van der Waals surface area contributed by atoms with E-state index >= 15 is 0 Å². The minimum absolute atomic E-state index is 0.00456. The lowest BCUT2D eigenvalue weighted by Gasteiger charge is -2.38. The molecule has 0 aliphatic carbocycles. The van der Waals surface area contributed by atoms with E-state index in [0.29, 0.717) is 49.7 Å². The number of nitrogens with zero attached hydrogens (tertiary/aromatic N) is 1. The largest absolute Gasteiger partial charge is 0.497 e. The molecule has 7 heteroatoms. The molecular formula is C24H30N2O5. The van der Waals surface area contributed by atoms with E-state index < -0.39 is 5.41 Å². The predicted molar refractivity (Wildman–Crippen MR) is 117 cm³/mol. The van der Waals surface area contributed by atoms with Gasteiger partial charge in [0.1, 0.15) is 17.2 Å². The molecule has 166 valence electrons. The molecule has 1 saturated heterocycles. The van der Waals surface area contributed by atoms with Gasteiger partial charge in [0.25, 0.3) is 5.91 Å². The summed E-state index contributed by atoms with van der Waals surface area (Å²) in [6.07, 6.45) is 1.22. The van der Waals surface area contributed by atoms with Gasteiger partial charge in [-0.1, -0.05) is 25.1 Å². The second-order valence-electron chi connectivity index (χ2n) is 7.95. The number of ether oxygens (including phenoxy) is 3. The number of hydrogen-bond donors (Lipinski definition) is 1. The van der Waals surface area contributed by atoms with E-state index in [-0.39, 0.29) is 18.4 Å². The van der Waals surface area contributed by atoms with E-state index in [2.05, 4.69) is 5.32 Å². The van der Waals surface area contributed by atoms with Crippen molar-refractivity contribution in [3.63, 3.8) is 0 Å². The Morgan fingerprint density at radius 3 is 2.16 bits per heavy atom. The molecule has 0 unspecified atom stereocenters. The van der Waals surface area contributed by atoms with Crippen molar-refractivity contribution >= 4 is 11.8 Å². The van der Waals surface area contributed by atoms with Crippen molar-refractivity contribution in [2.24, 2.45) is 5.41 Å². The fourth-order valence-electron chi connectivity index (χ4n) is 3.59. The van der Waals surface area contributed by atoms with Crippen molar-refractivity contribution in [3.05, 3.63) is 54.1 Å². The third-order valence-corrected chi connectivity index (χ3v) is 5.74. The van der Waals surface area contributed by atoms with Crippen LogP contribution in [0.3, 0.4) is 0 Å². The Bertz CT molecular complexity index is 870. The first-order valence-electron chi connectivity index (χ1n) is 10.4. The maximum Gasteiger partial charge on any atom is 0.260 e. The first-order chi connectivity index (χ1) is 14.9. The Balaban J connectivity index is 1.49. The van der Waals surface area contributed by atoms with Gasteiger partial charge in [-0.15, -0.1) is 0 Å². The number of likely N-dealkylation sites (tertiary alicyclic amines) is 1. The maximum atomic E-state index is 12.9. The molecule has 0 bridgehead atoms. The average Bonchev–Trinajstić information content (AvgIpc) is 2.81. The molecule has 2 aromatic carbocycles. The Morgan fingerprint density at radius 1 is 0.968 bits per heavy atom. The van der Waals surface area contributed by atoms with Crippen LogP contribution in [0.2, 0.25) is 0 Å². The minimum Gasteiger partial charge on any atom is -0.497 e. The zero-order chi connectivity index (χ0) is 22.3. The summed E-state index contributed by atoms with van der Waals surface area (Å²) in [6.45, 7) is 3.42. The van der Waals surface area contributed by atoms with Crippen LogP contribution in [-0.2, 0) is 16.1 Å². The lowest BCUT2D eigenvalue weighted by molar-refractivity contribution is -0.141. The molecule has 2 aromatic rings. The standard InChI is InChI=1S/C24H30N2O5/c1-24(23(28)25-16-18-13-20(29-2)15-21(14-18)30-3)9-11-26(12-10-24)22(27)17-31-19-7-5-4-6-8-19/h4-8,13-15H,9-12,16-17H2,1-3H3,(H,25,28). The van der Waals surface area contributed by atoms with Gasteiger partial charge in [0.05, 0.1) is 14.2 Å². The quantitative estimate of drug-likeness (QED) is 0.702. The highest BCUT2D eigenvalue weighted by molar-refractivity contribution is 5.83. The lowest BCUT2D eigenvalue weighted by atomic mass is 9.79. The summed E-state index contributed by atoms with van der Waals surface area (Å²) in [7, 11) is 3.19. The number of amides is 2. The van der Waals surface area contributed by atoms with Crippen LogP contribution >= 0.6 is 0 Å². The third-order valence-electron chi connectivity index (χ3n) is 5.74. The van der Waals surface area contributed by atoms with Crippen molar-refractivity contribution in [1.82, 2.24) is 10.2 Å². The van der Waals surface area contributed by atoms with Crippen LogP contribution in [-0.4, -0.2) is 50.6 Å². The molecule has 1 heterocycles. The monoisotopic (exact) mass is 426 g/mol. The summed E-state index contributed by atoms with van der Waals surface area (Å²) < 4.78 is 16.1. The van der Waals surface area contributed by atoms with Crippen molar-refractivity contribution in [2.45, 2.75) is 26.3 Å². The van der Waals surface area contributed by atoms with Crippen molar-refractivity contribution in [1.29, 1.82) is 0 Å². The Labute approximate surface area is 183 Å². The second-order valence-corrected chi connectivity index (χ2v) is 7.95. The van der Waals surface area contributed by atoms with Gasteiger partial charge in [-0.25, -0.2) is 0 Å². The molecule has 0 atom stereocenters. The molecule has 0 aromatic heterocycles. The number of rotatable bonds is 8. The van der Waals surface area contributed by atoms with E-state index in [9.17, 15) is 9.59 Å². The van der Waals surface area contributed by atoms with E-state index in [0.717, 1.165) is 5.56 Å². The molecule has 1 fully saturated rings. The fourth-order valence-corrected chi connectivity index (χ4v) is 3.59. The van der Waals surface area contributed by atoms with Gasteiger partial charge in [0.15, 0.2) is 6.61 Å². The van der Waals surface area contributed by atoms with Crippen LogP contribution in [0.4, 0.5) is 0 Å². The van der Waals surface area contributed by atoms with Crippen molar-refractivity contribution in [2.75, 3.05) is 33.9 Å². The summed E-state index contributed by atoms with van der Waals surface area (Å²) in [5.74, 6) is 1.96. The zero-order valence-electron chi connectivity index (χ0n) is 18.3. The molecule has 0 spiro atoms. The Kier molecular flexibility index (Phi) is 7.39. The number of benzene rings is 2. The minimum atomic E-state index is -0.514.